The average molecular weight is 270 g/mol. The summed E-state index contributed by atoms with van der Waals surface area (Å²) < 4.78 is 1.83. The van der Waals surface area contributed by atoms with Crippen molar-refractivity contribution in [2.24, 2.45) is 7.05 Å². The van der Waals surface area contributed by atoms with Gasteiger partial charge >= 0.3 is 0 Å². The summed E-state index contributed by atoms with van der Waals surface area (Å²) in [6.45, 7) is 4.22. The molecule has 3 rings (SSSR count). The fourth-order valence-electron chi connectivity index (χ4n) is 2.92. The fraction of sp³-hybridized carbons (Fsp3) is 0.438. The van der Waals surface area contributed by atoms with Gasteiger partial charge in [-0.05, 0) is 48.4 Å². The van der Waals surface area contributed by atoms with Crippen molar-refractivity contribution in [1.29, 1.82) is 0 Å². The molecule has 2 aromatic rings. The summed E-state index contributed by atoms with van der Waals surface area (Å²) in [7, 11) is 1.93. The van der Waals surface area contributed by atoms with E-state index in [1.165, 1.54) is 30.4 Å². The summed E-state index contributed by atoms with van der Waals surface area (Å²) in [5.41, 5.74) is 12.0. The zero-order valence-corrected chi connectivity index (χ0v) is 12.4. The van der Waals surface area contributed by atoms with E-state index in [9.17, 15) is 0 Å². The van der Waals surface area contributed by atoms with Crippen molar-refractivity contribution < 1.29 is 0 Å². The highest BCUT2D eigenvalue weighted by molar-refractivity contribution is 5.72. The standard InChI is InChI=1S/C16H22N4/c1-10(2)15-14(17)16(20(3)19-15)18-13-8-7-11-5-4-6-12(11)9-13/h7-10,18H,4-6,17H2,1-3H3. The molecule has 0 saturated heterocycles. The Balaban J connectivity index is 1.91. The first-order valence-corrected chi connectivity index (χ1v) is 7.27. The number of aryl methyl sites for hydroxylation is 3. The molecule has 4 nitrogen and oxygen atoms in total. The number of nitrogens with one attached hydrogen (secondary N) is 1. The highest BCUT2D eigenvalue weighted by Crippen LogP contribution is 2.31. The first-order valence-electron chi connectivity index (χ1n) is 7.27. The smallest absolute Gasteiger partial charge is 0.152 e. The number of nitrogens with zero attached hydrogens (tertiary/aromatic N) is 2. The van der Waals surface area contributed by atoms with Crippen molar-refractivity contribution >= 4 is 17.2 Å². The molecule has 0 bridgehead atoms. The minimum absolute atomic E-state index is 0.330. The van der Waals surface area contributed by atoms with Gasteiger partial charge in [-0.1, -0.05) is 19.9 Å². The number of fused-ring (bicyclic) bond motifs is 1. The van der Waals surface area contributed by atoms with Gasteiger partial charge in [0.25, 0.3) is 0 Å². The Kier molecular flexibility index (Phi) is 3.16. The van der Waals surface area contributed by atoms with Crippen LogP contribution in [0.15, 0.2) is 18.2 Å². The first-order chi connectivity index (χ1) is 9.56. The van der Waals surface area contributed by atoms with Crippen molar-refractivity contribution in [3.63, 3.8) is 0 Å². The van der Waals surface area contributed by atoms with E-state index in [1.54, 1.807) is 0 Å². The van der Waals surface area contributed by atoms with Crippen LogP contribution in [-0.4, -0.2) is 9.78 Å². The van der Waals surface area contributed by atoms with Crippen LogP contribution in [0.2, 0.25) is 0 Å². The van der Waals surface area contributed by atoms with Crippen molar-refractivity contribution in [1.82, 2.24) is 9.78 Å². The lowest BCUT2D eigenvalue weighted by molar-refractivity contribution is 0.718. The van der Waals surface area contributed by atoms with Crippen LogP contribution in [0.25, 0.3) is 0 Å². The van der Waals surface area contributed by atoms with Gasteiger partial charge in [0.2, 0.25) is 0 Å². The Bertz CT molecular complexity index is 640. The van der Waals surface area contributed by atoms with Crippen molar-refractivity contribution in [2.75, 3.05) is 11.1 Å². The average Bonchev–Trinajstić information content (AvgIpc) is 2.97. The molecule has 1 heterocycles. The number of rotatable bonds is 3. The predicted octanol–water partition coefficient (Wildman–Crippen LogP) is 3.36. The number of aromatic nitrogens is 2. The molecule has 1 aliphatic rings. The Morgan fingerprint density at radius 2 is 2.00 bits per heavy atom. The lowest BCUT2D eigenvalue weighted by atomic mass is 10.1. The summed E-state index contributed by atoms with van der Waals surface area (Å²) in [4.78, 5) is 0. The Morgan fingerprint density at radius 1 is 1.25 bits per heavy atom. The number of benzene rings is 1. The van der Waals surface area contributed by atoms with Gasteiger partial charge in [0.05, 0.1) is 11.4 Å². The topological polar surface area (TPSA) is 55.9 Å². The molecule has 3 N–H and O–H groups in total. The second-order valence-corrected chi connectivity index (χ2v) is 5.89. The van der Waals surface area contributed by atoms with Crippen molar-refractivity contribution in [3.8, 4) is 0 Å². The summed E-state index contributed by atoms with van der Waals surface area (Å²) >= 11 is 0. The molecule has 4 heteroatoms. The molecule has 106 valence electrons. The maximum absolute atomic E-state index is 6.22. The van der Waals surface area contributed by atoms with Crippen LogP contribution in [0, 0.1) is 0 Å². The van der Waals surface area contributed by atoms with Crippen molar-refractivity contribution in [2.45, 2.75) is 39.0 Å². The van der Waals surface area contributed by atoms with Gasteiger partial charge in [-0.3, -0.25) is 4.68 Å². The predicted molar refractivity (Wildman–Crippen MR) is 83.5 cm³/mol. The van der Waals surface area contributed by atoms with E-state index in [-0.39, 0.29) is 0 Å². The van der Waals surface area contributed by atoms with Crippen LogP contribution in [0.3, 0.4) is 0 Å². The summed E-state index contributed by atoms with van der Waals surface area (Å²) in [6, 6.07) is 6.59. The maximum Gasteiger partial charge on any atom is 0.152 e. The van der Waals surface area contributed by atoms with Gasteiger partial charge in [0.1, 0.15) is 0 Å². The van der Waals surface area contributed by atoms with E-state index in [0.717, 1.165) is 22.9 Å². The number of hydrogen-bond acceptors (Lipinski definition) is 3. The summed E-state index contributed by atoms with van der Waals surface area (Å²) in [6.07, 6.45) is 3.66. The fourth-order valence-corrected chi connectivity index (χ4v) is 2.92. The molecule has 0 spiro atoms. The van der Waals surface area contributed by atoms with Crippen LogP contribution < -0.4 is 11.1 Å². The third-order valence-corrected chi connectivity index (χ3v) is 4.02. The van der Waals surface area contributed by atoms with Crippen LogP contribution >= 0.6 is 0 Å². The molecule has 0 unspecified atom stereocenters. The van der Waals surface area contributed by atoms with E-state index in [0.29, 0.717) is 5.92 Å². The number of nitrogens with two attached hydrogens (primary N) is 1. The molecule has 0 atom stereocenters. The highest BCUT2D eigenvalue weighted by Gasteiger charge is 2.17. The minimum Gasteiger partial charge on any atom is -0.394 e. The second kappa shape index (κ2) is 4.85. The highest BCUT2D eigenvalue weighted by atomic mass is 15.3. The van der Waals surface area contributed by atoms with E-state index in [4.69, 9.17) is 5.73 Å². The molecular formula is C16H22N4. The van der Waals surface area contributed by atoms with Gasteiger partial charge in [-0.25, -0.2) is 0 Å². The van der Waals surface area contributed by atoms with Gasteiger partial charge < -0.3 is 11.1 Å². The number of nitrogen functional groups attached to an aromatic ring is 1. The molecule has 0 saturated carbocycles. The van der Waals surface area contributed by atoms with Crippen LogP contribution in [0.5, 0.6) is 0 Å². The third kappa shape index (κ3) is 2.15. The molecule has 0 aliphatic heterocycles. The largest absolute Gasteiger partial charge is 0.394 e. The second-order valence-electron chi connectivity index (χ2n) is 5.89. The summed E-state index contributed by atoms with van der Waals surface area (Å²) in [5, 5.41) is 7.93. The quantitative estimate of drug-likeness (QED) is 0.899. The molecule has 0 amide bonds. The monoisotopic (exact) mass is 270 g/mol. The zero-order valence-electron chi connectivity index (χ0n) is 12.4. The van der Waals surface area contributed by atoms with Gasteiger partial charge in [-0.2, -0.15) is 5.10 Å². The van der Waals surface area contributed by atoms with Gasteiger partial charge in [0, 0.05) is 12.7 Å². The molecule has 1 aromatic heterocycles. The van der Waals surface area contributed by atoms with Crippen LogP contribution in [-0.2, 0) is 19.9 Å². The van der Waals surface area contributed by atoms with E-state index >= 15 is 0 Å². The number of hydrogen-bond donors (Lipinski definition) is 2. The van der Waals surface area contributed by atoms with E-state index in [1.807, 2.05) is 11.7 Å². The SMILES string of the molecule is CC(C)c1nn(C)c(Nc2ccc3c(c2)CCC3)c1N. The molecule has 1 aromatic carbocycles. The van der Waals surface area contributed by atoms with E-state index < -0.39 is 0 Å². The van der Waals surface area contributed by atoms with Crippen LogP contribution in [0.4, 0.5) is 17.2 Å². The maximum atomic E-state index is 6.22. The van der Waals surface area contributed by atoms with Gasteiger partial charge in [-0.15, -0.1) is 0 Å². The molecule has 0 radical (unpaired) electrons. The first kappa shape index (κ1) is 13.0. The molecule has 0 fully saturated rings. The third-order valence-electron chi connectivity index (χ3n) is 4.02. The lowest BCUT2D eigenvalue weighted by Crippen LogP contribution is -2.01. The molecule has 1 aliphatic carbocycles. The van der Waals surface area contributed by atoms with E-state index in [2.05, 4.69) is 42.5 Å². The Hall–Kier alpha value is -1.97. The lowest BCUT2D eigenvalue weighted by Gasteiger charge is -2.10. The van der Waals surface area contributed by atoms with Crippen LogP contribution in [0.1, 0.15) is 43.0 Å². The Labute approximate surface area is 120 Å². The normalized spacial score (nSPS) is 13.8. The zero-order chi connectivity index (χ0) is 14.3. The molecular weight excluding hydrogens is 248 g/mol. The minimum atomic E-state index is 0.330. The van der Waals surface area contributed by atoms with Gasteiger partial charge in [0.15, 0.2) is 5.82 Å². The van der Waals surface area contributed by atoms with Crippen molar-refractivity contribution in [3.05, 3.63) is 35.0 Å². The number of anilines is 3. The molecule has 20 heavy (non-hydrogen) atoms. The summed E-state index contributed by atoms with van der Waals surface area (Å²) in [5.74, 6) is 1.21. The Morgan fingerprint density at radius 3 is 2.70 bits per heavy atom.